The van der Waals surface area contributed by atoms with Crippen LogP contribution in [0.25, 0.3) is 0 Å². The number of ether oxygens (including phenoxy) is 1. The predicted octanol–water partition coefficient (Wildman–Crippen LogP) is 4.13. The maximum absolute atomic E-state index is 12.5. The number of hydrogen-bond donors (Lipinski definition) is 2. The normalized spacial score (nSPS) is 11.3. The van der Waals surface area contributed by atoms with Gasteiger partial charge in [0.1, 0.15) is 17.1 Å². The van der Waals surface area contributed by atoms with Crippen molar-refractivity contribution in [3.05, 3.63) is 53.6 Å². The summed E-state index contributed by atoms with van der Waals surface area (Å²) in [7, 11) is -2.69. The smallest absolute Gasteiger partial charge is 0.416 e. The number of carboxylic acids is 1. The lowest BCUT2D eigenvalue weighted by atomic mass is 10.2. The Bertz CT molecular complexity index is 894. The third kappa shape index (κ3) is 5.69. The van der Waals surface area contributed by atoms with Crippen molar-refractivity contribution in [1.82, 2.24) is 4.72 Å². The molecule has 0 atom stereocenters. The second kappa shape index (κ2) is 8.87. The molecule has 2 N–H and O–H groups in total. The van der Waals surface area contributed by atoms with E-state index in [4.69, 9.17) is 4.74 Å². The highest BCUT2D eigenvalue weighted by atomic mass is 32.2. The van der Waals surface area contributed by atoms with Gasteiger partial charge in [0.2, 0.25) is 10.0 Å². The van der Waals surface area contributed by atoms with Crippen molar-refractivity contribution in [2.75, 3.05) is 7.05 Å². The van der Waals surface area contributed by atoms with Crippen LogP contribution in [-0.4, -0.2) is 26.5 Å². The summed E-state index contributed by atoms with van der Waals surface area (Å²) in [5, 5.41) is 9.21. The van der Waals surface area contributed by atoms with Crippen LogP contribution in [-0.2, 0) is 16.2 Å². The van der Waals surface area contributed by atoms with Crippen LogP contribution < -0.4 is 9.46 Å². The zero-order chi connectivity index (χ0) is 20.8. The topological polar surface area (TPSA) is 92.7 Å². The summed E-state index contributed by atoms with van der Waals surface area (Å²) >= 11 is 0. The lowest BCUT2D eigenvalue weighted by molar-refractivity contribution is -0.137. The molecule has 0 aliphatic heterocycles. The first-order valence-corrected chi connectivity index (χ1v) is 9.19. The Hall–Kier alpha value is -2.59. The number of halogens is 3. The van der Waals surface area contributed by atoms with Gasteiger partial charge in [-0.15, -0.1) is 0 Å². The summed E-state index contributed by atoms with van der Waals surface area (Å²) in [5.74, 6) is -1.68. The van der Waals surface area contributed by atoms with Crippen LogP contribution in [0.1, 0.15) is 29.8 Å². The fourth-order valence-electron chi connectivity index (χ4n) is 1.89. The minimum absolute atomic E-state index is 0.0280. The van der Waals surface area contributed by atoms with E-state index in [1.165, 1.54) is 7.05 Å². The molecule has 10 heteroatoms. The van der Waals surface area contributed by atoms with Gasteiger partial charge in [-0.25, -0.2) is 17.9 Å². The Morgan fingerprint density at radius 1 is 1.07 bits per heavy atom. The van der Waals surface area contributed by atoms with E-state index < -0.39 is 33.3 Å². The van der Waals surface area contributed by atoms with Gasteiger partial charge in [-0.3, -0.25) is 0 Å². The Balaban J connectivity index is 0.00000176. The number of carbonyl (C=O) groups is 1. The number of carboxylic acid groups (broad SMARTS) is 1. The summed E-state index contributed by atoms with van der Waals surface area (Å²) < 4.78 is 68.3. The zero-order valence-corrected chi connectivity index (χ0v) is 15.5. The van der Waals surface area contributed by atoms with Gasteiger partial charge in [0.25, 0.3) is 0 Å². The number of benzene rings is 2. The van der Waals surface area contributed by atoms with E-state index in [9.17, 15) is 31.5 Å². The summed E-state index contributed by atoms with van der Waals surface area (Å²) in [4.78, 5) is 11.0. The molecule has 27 heavy (non-hydrogen) atoms. The van der Waals surface area contributed by atoms with Gasteiger partial charge in [-0.1, -0.05) is 13.8 Å². The molecule has 0 saturated carbocycles. The Morgan fingerprint density at radius 3 is 2.07 bits per heavy atom. The zero-order valence-electron chi connectivity index (χ0n) is 14.7. The van der Waals surface area contributed by atoms with Crippen molar-refractivity contribution < 1.29 is 36.2 Å². The first-order chi connectivity index (χ1) is 12.5. The van der Waals surface area contributed by atoms with Gasteiger partial charge in [0.05, 0.1) is 10.5 Å². The van der Waals surface area contributed by atoms with Crippen LogP contribution in [0.15, 0.2) is 47.4 Å². The molecule has 0 bridgehead atoms. The highest BCUT2D eigenvalue weighted by Gasteiger charge is 2.30. The van der Waals surface area contributed by atoms with E-state index in [1.807, 2.05) is 18.6 Å². The Labute approximate surface area is 154 Å². The lowest BCUT2D eigenvalue weighted by Crippen LogP contribution is -2.19. The van der Waals surface area contributed by atoms with Crippen molar-refractivity contribution in [3.8, 4) is 11.5 Å². The Morgan fingerprint density at radius 2 is 1.63 bits per heavy atom. The second-order valence-corrected chi connectivity index (χ2v) is 6.68. The molecule has 0 aromatic heterocycles. The van der Waals surface area contributed by atoms with E-state index in [1.54, 1.807) is 0 Å². The molecule has 2 aromatic rings. The molecule has 0 aliphatic rings. The first-order valence-electron chi connectivity index (χ1n) is 7.70. The number of nitrogens with one attached hydrogen (secondary N) is 1. The minimum atomic E-state index is -4.51. The molecule has 148 valence electrons. The van der Waals surface area contributed by atoms with Crippen LogP contribution in [0.2, 0.25) is 0 Å². The number of hydrogen-bond acceptors (Lipinski definition) is 4. The number of sulfonamides is 1. The van der Waals surface area contributed by atoms with Crippen molar-refractivity contribution in [2.45, 2.75) is 24.9 Å². The molecule has 0 heterocycles. The largest absolute Gasteiger partial charge is 0.478 e. The van der Waals surface area contributed by atoms with Gasteiger partial charge < -0.3 is 9.84 Å². The molecular formula is C17H18F3NO5S. The summed E-state index contributed by atoms with van der Waals surface area (Å²) in [6, 6.07) is 6.78. The summed E-state index contributed by atoms with van der Waals surface area (Å²) in [5.41, 5.74) is -1.33. The molecule has 6 nitrogen and oxygen atoms in total. The predicted molar refractivity (Wildman–Crippen MR) is 92.5 cm³/mol. The van der Waals surface area contributed by atoms with E-state index >= 15 is 0 Å². The van der Waals surface area contributed by atoms with E-state index in [-0.39, 0.29) is 16.4 Å². The van der Waals surface area contributed by atoms with Crippen LogP contribution in [0.5, 0.6) is 11.5 Å². The maximum Gasteiger partial charge on any atom is 0.416 e. The van der Waals surface area contributed by atoms with E-state index in [2.05, 4.69) is 0 Å². The molecule has 2 rings (SSSR count). The quantitative estimate of drug-likeness (QED) is 0.780. The monoisotopic (exact) mass is 405 g/mol. The fourth-order valence-corrected chi connectivity index (χ4v) is 2.65. The molecule has 0 aliphatic carbocycles. The van der Waals surface area contributed by atoms with Gasteiger partial charge in [-0.2, -0.15) is 13.2 Å². The van der Waals surface area contributed by atoms with Crippen molar-refractivity contribution in [3.63, 3.8) is 0 Å². The highest BCUT2D eigenvalue weighted by Crippen LogP contribution is 2.32. The molecule has 0 spiro atoms. The van der Waals surface area contributed by atoms with Crippen LogP contribution in [0.3, 0.4) is 0 Å². The standard InChI is InChI=1S/C15H12F3NO5S.C2H6/c1-19-25(22,23)11-6-7-13(12(8-11)14(20)21)24-10-4-2-9(3-5-10)15(16,17)18;1-2/h2-8,19H,1H3,(H,20,21);1-2H3. The summed E-state index contributed by atoms with van der Waals surface area (Å²) in [6.07, 6.45) is -4.51. The van der Waals surface area contributed by atoms with Gasteiger partial charge in [-0.05, 0) is 49.5 Å². The minimum Gasteiger partial charge on any atom is -0.478 e. The fraction of sp³-hybridized carbons (Fsp3) is 0.235. The van der Waals surface area contributed by atoms with Crippen molar-refractivity contribution in [2.24, 2.45) is 0 Å². The Kier molecular flexibility index (Phi) is 7.37. The molecule has 0 unspecified atom stereocenters. The SMILES string of the molecule is CC.CNS(=O)(=O)c1ccc(Oc2ccc(C(F)(F)F)cc2)c(C(=O)O)c1. The molecule has 0 saturated heterocycles. The summed E-state index contributed by atoms with van der Waals surface area (Å²) in [6.45, 7) is 4.00. The second-order valence-electron chi connectivity index (χ2n) is 4.79. The van der Waals surface area contributed by atoms with Gasteiger partial charge in [0, 0.05) is 0 Å². The molecular weight excluding hydrogens is 387 g/mol. The molecule has 0 amide bonds. The van der Waals surface area contributed by atoms with Crippen LogP contribution >= 0.6 is 0 Å². The van der Waals surface area contributed by atoms with E-state index in [0.717, 1.165) is 42.5 Å². The van der Waals surface area contributed by atoms with Gasteiger partial charge in [0.15, 0.2) is 0 Å². The number of rotatable bonds is 5. The van der Waals surface area contributed by atoms with Crippen LogP contribution in [0.4, 0.5) is 13.2 Å². The van der Waals surface area contributed by atoms with Crippen molar-refractivity contribution >= 4 is 16.0 Å². The highest BCUT2D eigenvalue weighted by molar-refractivity contribution is 7.89. The molecule has 0 fully saturated rings. The van der Waals surface area contributed by atoms with Crippen molar-refractivity contribution in [1.29, 1.82) is 0 Å². The first kappa shape index (κ1) is 22.5. The maximum atomic E-state index is 12.5. The van der Waals surface area contributed by atoms with Gasteiger partial charge >= 0.3 is 12.1 Å². The average Bonchev–Trinajstić information content (AvgIpc) is 2.63. The average molecular weight is 405 g/mol. The third-order valence-electron chi connectivity index (χ3n) is 3.17. The number of alkyl halides is 3. The van der Waals surface area contributed by atoms with Crippen LogP contribution in [0, 0.1) is 0 Å². The lowest BCUT2D eigenvalue weighted by Gasteiger charge is -2.12. The number of aromatic carboxylic acids is 1. The van der Waals surface area contributed by atoms with E-state index in [0.29, 0.717) is 0 Å². The molecule has 2 aromatic carbocycles. The molecule has 0 radical (unpaired) electrons. The third-order valence-corrected chi connectivity index (χ3v) is 4.58.